The van der Waals surface area contributed by atoms with Gasteiger partial charge in [-0.15, -0.1) is 0 Å². The number of para-hydroxylation sites is 1. The molecule has 1 atom stereocenters. The van der Waals surface area contributed by atoms with Crippen molar-refractivity contribution >= 4 is 26.9 Å². The molecule has 0 radical (unpaired) electrons. The number of hydrogen-bond acceptors (Lipinski definition) is 3. The van der Waals surface area contributed by atoms with Gasteiger partial charge in [-0.25, -0.2) is 0 Å². The number of hydrogen-bond donors (Lipinski definition) is 1. The maximum atomic E-state index is 5.93. The molecule has 2 heterocycles. The second-order valence-corrected chi connectivity index (χ2v) is 5.13. The molecule has 94 valence electrons. The van der Waals surface area contributed by atoms with Gasteiger partial charge in [0, 0.05) is 11.8 Å². The molecule has 2 aromatic rings. The van der Waals surface area contributed by atoms with Crippen LogP contribution in [0.15, 0.2) is 45.0 Å². The summed E-state index contributed by atoms with van der Waals surface area (Å²) in [6.07, 6.45) is 3.08. The van der Waals surface area contributed by atoms with Gasteiger partial charge in [0.05, 0.1) is 11.1 Å². The first-order valence-corrected chi connectivity index (χ1v) is 6.77. The highest BCUT2D eigenvalue weighted by molar-refractivity contribution is 9.10. The van der Waals surface area contributed by atoms with Crippen LogP contribution in [0.1, 0.15) is 18.2 Å². The SMILES string of the molecule is CNC(C1=CCCO1)c1cc2cccc(Br)c2o1. The lowest BCUT2D eigenvalue weighted by Gasteiger charge is -2.14. The molecule has 3 rings (SSSR count). The van der Waals surface area contributed by atoms with Crippen LogP contribution in [0, 0.1) is 0 Å². The Kier molecular flexibility index (Phi) is 3.14. The molecule has 0 saturated carbocycles. The summed E-state index contributed by atoms with van der Waals surface area (Å²) in [7, 11) is 1.91. The predicted molar refractivity (Wildman–Crippen MR) is 74.4 cm³/mol. The smallest absolute Gasteiger partial charge is 0.148 e. The number of likely N-dealkylation sites (N-methyl/N-ethyl adjacent to an activating group) is 1. The number of ether oxygens (including phenoxy) is 1. The molecule has 1 N–H and O–H groups in total. The van der Waals surface area contributed by atoms with E-state index in [0.717, 1.165) is 40.0 Å². The Balaban J connectivity index is 2.04. The van der Waals surface area contributed by atoms with Crippen LogP contribution >= 0.6 is 15.9 Å². The van der Waals surface area contributed by atoms with Gasteiger partial charge in [-0.2, -0.15) is 0 Å². The fraction of sp³-hybridized carbons (Fsp3) is 0.286. The van der Waals surface area contributed by atoms with Crippen LogP contribution in [0.25, 0.3) is 11.0 Å². The van der Waals surface area contributed by atoms with Gasteiger partial charge in [-0.05, 0) is 41.2 Å². The maximum absolute atomic E-state index is 5.93. The van der Waals surface area contributed by atoms with E-state index in [4.69, 9.17) is 9.15 Å². The van der Waals surface area contributed by atoms with Crippen molar-refractivity contribution in [3.05, 3.63) is 46.3 Å². The van der Waals surface area contributed by atoms with Crippen molar-refractivity contribution in [1.82, 2.24) is 5.32 Å². The third-order valence-corrected chi connectivity index (χ3v) is 3.73. The van der Waals surface area contributed by atoms with Crippen molar-refractivity contribution < 1.29 is 9.15 Å². The normalized spacial score (nSPS) is 16.7. The monoisotopic (exact) mass is 307 g/mol. The standard InChI is InChI=1S/C14H14BrNO2/c1-16-13(11-6-3-7-17-11)12-8-9-4-2-5-10(15)14(9)18-12/h2,4-6,8,13,16H,3,7H2,1H3. The maximum Gasteiger partial charge on any atom is 0.148 e. The van der Waals surface area contributed by atoms with E-state index in [9.17, 15) is 0 Å². The molecule has 0 aliphatic carbocycles. The zero-order chi connectivity index (χ0) is 12.5. The Morgan fingerprint density at radius 3 is 2.94 bits per heavy atom. The van der Waals surface area contributed by atoms with E-state index in [-0.39, 0.29) is 6.04 Å². The summed E-state index contributed by atoms with van der Waals surface area (Å²) in [5.74, 6) is 1.83. The molecule has 3 nitrogen and oxygen atoms in total. The van der Waals surface area contributed by atoms with Crippen molar-refractivity contribution in [2.45, 2.75) is 12.5 Å². The number of nitrogens with one attached hydrogen (secondary N) is 1. The predicted octanol–water partition coefficient (Wildman–Crippen LogP) is 3.76. The van der Waals surface area contributed by atoms with Crippen LogP contribution in [0.2, 0.25) is 0 Å². The quantitative estimate of drug-likeness (QED) is 0.937. The van der Waals surface area contributed by atoms with Crippen LogP contribution in [-0.2, 0) is 4.74 Å². The molecule has 4 heteroatoms. The van der Waals surface area contributed by atoms with Crippen molar-refractivity contribution in [2.24, 2.45) is 0 Å². The lowest BCUT2D eigenvalue weighted by molar-refractivity contribution is 0.211. The molecular weight excluding hydrogens is 294 g/mol. The largest absolute Gasteiger partial charge is 0.496 e. The summed E-state index contributed by atoms with van der Waals surface area (Å²) in [4.78, 5) is 0. The third-order valence-electron chi connectivity index (χ3n) is 3.10. The first-order valence-electron chi connectivity index (χ1n) is 5.97. The zero-order valence-electron chi connectivity index (χ0n) is 10.1. The average molecular weight is 308 g/mol. The van der Waals surface area contributed by atoms with Gasteiger partial charge in [0.25, 0.3) is 0 Å². The molecule has 0 bridgehead atoms. The van der Waals surface area contributed by atoms with Gasteiger partial charge >= 0.3 is 0 Å². The van der Waals surface area contributed by atoms with Gasteiger partial charge in [0.2, 0.25) is 0 Å². The second-order valence-electron chi connectivity index (χ2n) is 4.27. The number of fused-ring (bicyclic) bond motifs is 1. The summed E-state index contributed by atoms with van der Waals surface area (Å²) in [6.45, 7) is 0.761. The van der Waals surface area contributed by atoms with E-state index in [1.807, 2.05) is 25.2 Å². The van der Waals surface area contributed by atoms with Gasteiger partial charge in [0.1, 0.15) is 23.1 Å². The zero-order valence-corrected chi connectivity index (χ0v) is 11.7. The molecule has 0 saturated heterocycles. The number of rotatable bonds is 3. The summed E-state index contributed by atoms with van der Waals surface area (Å²) < 4.78 is 12.5. The molecule has 0 spiro atoms. The van der Waals surface area contributed by atoms with Crippen LogP contribution in [0.5, 0.6) is 0 Å². The van der Waals surface area contributed by atoms with Crippen molar-refractivity contribution in [1.29, 1.82) is 0 Å². The lowest BCUT2D eigenvalue weighted by Crippen LogP contribution is -2.18. The van der Waals surface area contributed by atoms with Crippen LogP contribution in [0.3, 0.4) is 0 Å². The molecule has 0 amide bonds. The Labute approximate surface area is 114 Å². The summed E-state index contributed by atoms with van der Waals surface area (Å²) in [5, 5.41) is 4.33. The summed E-state index contributed by atoms with van der Waals surface area (Å²) in [6, 6.07) is 8.08. The molecule has 1 aromatic heterocycles. The molecule has 1 unspecified atom stereocenters. The highest BCUT2D eigenvalue weighted by Crippen LogP contribution is 2.33. The average Bonchev–Trinajstić information content (AvgIpc) is 3.00. The fourth-order valence-electron chi connectivity index (χ4n) is 2.25. The topological polar surface area (TPSA) is 34.4 Å². The molecule has 0 fully saturated rings. The van der Waals surface area contributed by atoms with E-state index >= 15 is 0 Å². The van der Waals surface area contributed by atoms with Crippen molar-refractivity contribution in [3.8, 4) is 0 Å². The first-order chi connectivity index (χ1) is 8.79. The minimum Gasteiger partial charge on any atom is -0.496 e. The minimum absolute atomic E-state index is 0.00759. The fourth-order valence-corrected chi connectivity index (χ4v) is 2.71. The number of furan rings is 1. The van der Waals surface area contributed by atoms with Crippen molar-refractivity contribution in [3.63, 3.8) is 0 Å². The molecule has 1 aliphatic rings. The van der Waals surface area contributed by atoms with E-state index in [0.29, 0.717) is 0 Å². The minimum atomic E-state index is -0.00759. The van der Waals surface area contributed by atoms with E-state index in [1.165, 1.54) is 0 Å². The summed E-state index contributed by atoms with van der Waals surface area (Å²) >= 11 is 3.50. The van der Waals surface area contributed by atoms with Gasteiger partial charge in [-0.1, -0.05) is 12.1 Å². The highest BCUT2D eigenvalue weighted by Gasteiger charge is 2.23. The molecule has 18 heavy (non-hydrogen) atoms. The Bertz CT molecular complexity index is 603. The Hall–Kier alpha value is -1.26. The second kappa shape index (κ2) is 4.78. The first kappa shape index (κ1) is 11.8. The van der Waals surface area contributed by atoms with E-state index in [1.54, 1.807) is 0 Å². The Morgan fingerprint density at radius 1 is 1.39 bits per heavy atom. The highest BCUT2D eigenvalue weighted by atomic mass is 79.9. The number of benzene rings is 1. The van der Waals surface area contributed by atoms with E-state index < -0.39 is 0 Å². The van der Waals surface area contributed by atoms with Gasteiger partial charge in [-0.3, -0.25) is 0 Å². The van der Waals surface area contributed by atoms with Crippen LogP contribution in [-0.4, -0.2) is 13.7 Å². The number of halogens is 1. The third kappa shape index (κ3) is 1.95. The van der Waals surface area contributed by atoms with Gasteiger partial charge < -0.3 is 14.5 Å². The molecule has 1 aromatic carbocycles. The van der Waals surface area contributed by atoms with Crippen LogP contribution in [0.4, 0.5) is 0 Å². The van der Waals surface area contributed by atoms with Crippen LogP contribution < -0.4 is 5.32 Å². The molecule has 1 aliphatic heterocycles. The van der Waals surface area contributed by atoms with Crippen molar-refractivity contribution in [2.75, 3.05) is 13.7 Å². The van der Waals surface area contributed by atoms with Gasteiger partial charge in [0.15, 0.2) is 0 Å². The lowest BCUT2D eigenvalue weighted by atomic mass is 10.1. The van der Waals surface area contributed by atoms with E-state index in [2.05, 4.69) is 33.4 Å². The summed E-state index contributed by atoms with van der Waals surface area (Å²) in [5.41, 5.74) is 0.881. The molecular formula is C14H14BrNO2. The Morgan fingerprint density at radius 2 is 2.28 bits per heavy atom.